The molecule has 0 aliphatic rings. The van der Waals surface area contributed by atoms with Crippen LogP contribution in [0, 0.1) is 0 Å². The van der Waals surface area contributed by atoms with Gasteiger partial charge in [0.15, 0.2) is 0 Å². The number of aromatic nitrogens is 3. The standard InChI is InChI=1S/C18H26N4O2/c1-11(23)24-15-13(17(2,3)4)8-12(9-14(15)18(5,6)7)21-16-19-10-20-22-16/h8-10H,1-7H3,(H2,19,20,21,22). The molecule has 0 amide bonds. The van der Waals surface area contributed by atoms with E-state index in [1.54, 1.807) is 0 Å². The van der Waals surface area contributed by atoms with Crippen molar-refractivity contribution in [2.75, 3.05) is 5.32 Å². The second-order valence-electron chi connectivity index (χ2n) is 7.94. The number of hydrogen-bond donors (Lipinski definition) is 2. The fourth-order valence-electron chi connectivity index (χ4n) is 2.47. The molecule has 1 heterocycles. The maximum Gasteiger partial charge on any atom is 0.308 e. The second kappa shape index (κ2) is 6.26. The van der Waals surface area contributed by atoms with Gasteiger partial charge >= 0.3 is 5.97 Å². The Labute approximate surface area is 143 Å². The summed E-state index contributed by atoms with van der Waals surface area (Å²) >= 11 is 0. The van der Waals surface area contributed by atoms with Gasteiger partial charge in [0.1, 0.15) is 12.1 Å². The zero-order valence-electron chi connectivity index (χ0n) is 15.4. The van der Waals surface area contributed by atoms with E-state index in [0.29, 0.717) is 11.7 Å². The average molecular weight is 330 g/mol. The van der Waals surface area contributed by atoms with E-state index in [-0.39, 0.29) is 16.8 Å². The van der Waals surface area contributed by atoms with Gasteiger partial charge in [0.2, 0.25) is 5.95 Å². The van der Waals surface area contributed by atoms with Crippen LogP contribution < -0.4 is 10.1 Å². The molecular weight excluding hydrogens is 304 g/mol. The lowest BCUT2D eigenvalue weighted by Gasteiger charge is -2.30. The number of ether oxygens (including phenoxy) is 1. The molecule has 0 radical (unpaired) electrons. The van der Waals surface area contributed by atoms with Crippen molar-refractivity contribution in [2.45, 2.75) is 59.3 Å². The Kier molecular flexibility index (Phi) is 4.69. The Morgan fingerprint density at radius 3 is 2.00 bits per heavy atom. The molecule has 0 atom stereocenters. The third-order valence-electron chi connectivity index (χ3n) is 3.62. The molecule has 6 heteroatoms. The Hall–Kier alpha value is -2.37. The molecule has 0 saturated heterocycles. The number of aromatic amines is 1. The summed E-state index contributed by atoms with van der Waals surface area (Å²) in [5.74, 6) is 0.818. The van der Waals surface area contributed by atoms with Crippen LogP contribution in [0.25, 0.3) is 0 Å². The van der Waals surface area contributed by atoms with Crippen molar-refractivity contribution >= 4 is 17.6 Å². The van der Waals surface area contributed by atoms with Crippen LogP contribution >= 0.6 is 0 Å². The van der Waals surface area contributed by atoms with Crippen LogP contribution in [-0.2, 0) is 15.6 Å². The molecule has 0 aliphatic heterocycles. The summed E-state index contributed by atoms with van der Waals surface area (Å²) in [5.41, 5.74) is 2.40. The van der Waals surface area contributed by atoms with Crippen LogP contribution in [-0.4, -0.2) is 21.2 Å². The maximum atomic E-state index is 11.7. The number of anilines is 2. The fraction of sp³-hybridized carbons (Fsp3) is 0.500. The normalized spacial score (nSPS) is 12.1. The van der Waals surface area contributed by atoms with Gasteiger partial charge in [0, 0.05) is 23.7 Å². The molecule has 0 fully saturated rings. The van der Waals surface area contributed by atoms with Crippen molar-refractivity contribution in [1.29, 1.82) is 0 Å². The number of esters is 1. The number of benzene rings is 1. The lowest BCUT2D eigenvalue weighted by Crippen LogP contribution is -2.21. The molecule has 0 aliphatic carbocycles. The van der Waals surface area contributed by atoms with Crippen molar-refractivity contribution < 1.29 is 9.53 Å². The predicted octanol–water partition coefficient (Wildman–Crippen LogP) is 4.07. The van der Waals surface area contributed by atoms with E-state index in [4.69, 9.17) is 4.74 Å². The first-order valence-electron chi connectivity index (χ1n) is 7.98. The van der Waals surface area contributed by atoms with E-state index < -0.39 is 0 Å². The maximum absolute atomic E-state index is 11.7. The average Bonchev–Trinajstić information content (AvgIpc) is 2.89. The Bertz CT molecular complexity index is 687. The van der Waals surface area contributed by atoms with Gasteiger partial charge in [-0.3, -0.25) is 9.89 Å². The van der Waals surface area contributed by atoms with Crippen LogP contribution in [0.15, 0.2) is 18.5 Å². The molecule has 6 nitrogen and oxygen atoms in total. The SMILES string of the molecule is CC(=O)Oc1c(C(C)(C)C)cc(Nc2nc[nH]n2)cc1C(C)(C)C. The molecular formula is C18H26N4O2. The molecule has 24 heavy (non-hydrogen) atoms. The zero-order valence-corrected chi connectivity index (χ0v) is 15.4. The van der Waals surface area contributed by atoms with Crippen LogP contribution in [0.1, 0.15) is 59.6 Å². The second-order valence-corrected chi connectivity index (χ2v) is 7.94. The lowest BCUT2D eigenvalue weighted by molar-refractivity contribution is -0.132. The minimum absolute atomic E-state index is 0.193. The van der Waals surface area contributed by atoms with E-state index in [1.165, 1.54) is 13.3 Å². The van der Waals surface area contributed by atoms with Crippen molar-refractivity contribution in [3.63, 3.8) is 0 Å². The number of carbonyl (C=O) groups is 1. The first kappa shape index (κ1) is 18.0. The monoisotopic (exact) mass is 330 g/mol. The summed E-state index contributed by atoms with van der Waals surface area (Å²) in [4.78, 5) is 15.8. The van der Waals surface area contributed by atoms with Gasteiger partial charge in [-0.25, -0.2) is 4.98 Å². The van der Waals surface area contributed by atoms with Gasteiger partial charge < -0.3 is 10.1 Å². The van der Waals surface area contributed by atoms with Crippen molar-refractivity contribution in [3.8, 4) is 5.75 Å². The third-order valence-corrected chi connectivity index (χ3v) is 3.62. The topological polar surface area (TPSA) is 79.9 Å². The largest absolute Gasteiger partial charge is 0.426 e. The number of rotatable bonds is 3. The highest BCUT2D eigenvalue weighted by Crippen LogP contribution is 2.42. The summed E-state index contributed by atoms with van der Waals surface area (Å²) in [6.07, 6.45) is 1.52. The van der Waals surface area contributed by atoms with E-state index in [9.17, 15) is 4.79 Å². The molecule has 1 aromatic carbocycles. The molecule has 2 N–H and O–H groups in total. The van der Waals surface area contributed by atoms with Crippen LogP contribution in [0.3, 0.4) is 0 Å². The molecule has 0 bridgehead atoms. The Morgan fingerprint density at radius 2 is 1.62 bits per heavy atom. The number of carbonyl (C=O) groups excluding carboxylic acids is 1. The lowest BCUT2D eigenvalue weighted by atomic mass is 9.79. The highest BCUT2D eigenvalue weighted by atomic mass is 16.5. The van der Waals surface area contributed by atoms with Gasteiger partial charge in [-0.15, -0.1) is 5.10 Å². The van der Waals surface area contributed by atoms with E-state index in [2.05, 4.69) is 62.0 Å². The quantitative estimate of drug-likeness (QED) is 0.655. The Balaban J connectivity index is 2.66. The van der Waals surface area contributed by atoms with E-state index in [0.717, 1.165) is 16.8 Å². The van der Waals surface area contributed by atoms with Crippen molar-refractivity contribution in [1.82, 2.24) is 15.2 Å². The van der Waals surface area contributed by atoms with Gasteiger partial charge in [0.25, 0.3) is 0 Å². The van der Waals surface area contributed by atoms with Gasteiger partial charge in [-0.2, -0.15) is 0 Å². The van der Waals surface area contributed by atoms with Crippen LogP contribution in [0.5, 0.6) is 5.75 Å². The molecule has 0 saturated carbocycles. The molecule has 2 rings (SSSR count). The molecule has 130 valence electrons. The minimum Gasteiger partial charge on any atom is -0.426 e. The first-order valence-corrected chi connectivity index (χ1v) is 7.98. The highest BCUT2D eigenvalue weighted by Gasteiger charge is 2.29. The van der Waals surface area contributed by atoms with Crippen molar-refractivity contribution in [3.05, 3.63) is 29.6 Å². The van der Waals surface area contributed by atoms with E-state index >= 15 is 0 Å². The molecule has 2 aromatic rings. The number of hydrogen-bond acceptors (Lipinski definition) is 5. The Morgan fingerprint density at radius 1 is 1.08 bits per heavy atom. The summed E-state index contributed by atoms with van der Waals surface area (Å²) in [7, 11) is 0. The predicted molar refractivity (Wildman–Crippen MR) is 94.8 cm³/mol. The molecule has 0 spiro atoms. The number of nitrogens with zero attached hydrogens (tertiary/aromatic N) is 2. The third kappa shape index (κ3) is 4.13. The van der Waals surface area contributed by atoms with Crippen LogP contribution in [0.2, 0.25) is 0 Å². The van der Waals surface area contributed by atoms with Gasteiger partial charge in [0.05, 0.1) is 0 Å². The molecule has 0 unspecified atom stereocenters. The van der Waals surface area contributed by atoms with Crippen molar-refractivity contribution in [2.24, 2.45) is 0 Å². The molecule has 1 aromatic heterocycles. The first-order chi connectivity index (χ1) is 11.0. The van der Waals surface area contributed by atoms with Crippen LogP contribution in [0.4, 0.5) is 11.6 Å². The van der Waals surface area contributed by atoms with E-state index in [1.807, 2.05) is 12.1 Å². The van der Waals surface area contributed by atoms with Gasteiger partial charge in [-0.1, -0.05) is 41.5 Å². The summed E-state index contributed by atoms with van der Waals surface area (Å²) in [5, 5.41) is 9.91. The fourth-order valence-corrected chi connectivity index (χ4v) is 2.47. The summed E-state index contributed by atoms with van der Waals surface area (Å²) < 4.78 is 5.62. The van der Waals surface area contributed by atoms with Gasteiger partial charge in [-0.05, 0) is 23.0 Å². The summed E-state index contributed by atoms with van der Waals surface area (Å²) in [6.45, 7) is 14.0. The minimum atomic E-state index is -0.319. The number of nitrogens with one attached hydrogen (secondary N) is 2. The summed E-state index contributed by atoms with van der Waals surface area (Å²) in [6, 6.07) is 3.98. The zero-order chi connectivity index (χ0) is 18.1. The highest BCUT2D eigenvalue weighted by molar-refractivity contribution is 5.73. The number of H-pyrrole nitrogens is 1. The smallest absolute Gasteiger partial charge is 0.308 e.